The number of nitriles is 2. The first-order valence-corrected chi connectivity index (χ1v) is 16.0. The van der Waals surface area contributed by atoms with Crippen molar-refractivity contribution in [2.45, 2.75) is 58.2 Å². The minimum absolute atomic E-state index is 0.0457. The second-order valence-electron chi connectivity index (χ2n) is 11.9. The van der Waals surface area contributed by atoms with E-state index in [1.54, 1.807) is 24.4 Å². The van der Waals surface area contributed by atoms with Crippen molar-refractivity contribution in [1.29, 1.82) is 10.5 Å². The van der Waals surface area contributed by atoms with Crippen LogP contribution in [0.3, 0.4) is 0 Å². The van der Waals surface area contributed by atoms with Gasteiger partial charge in [0.25, 0.3) is 0 Å². The fourth-order valence-corrected chi connectivity index (χ4v) is 5.59. The number of carbonyl (C=O) groups excluding carboxylic acids is 1. The summed E-state index contributed by atoms with van der Waals surface area (Å²) in [6.07, 6.45) is 3.91. The molecular weight excluding hydrogens is 517 g/mol. The fraction of sp³-hybridized carbons (Fsp3) is 0.379. The number of rotatable bonds is 8. The fourth-order valence-electron chi connectivity index (χ4n) is 4.48. The molecule has 9 nitrogen and oxygen atoms in total. The standard InChI is InChI=1S/C29H33BN7O2Si/c1-19-25(10-20(13-31)15-34-19)36-27-33-9-8-24(35-27)21-11-22(14-32)26-23(12-21)29(5,16-37(26)30-18-38)17-39-40(6,7)28(2,3)4/h8-12,15,18H,16-17H2,1-7H3,(H,33,35,36)/t29-/m1/s1. The summed E-state index contributed by atoms with van der Waals surface area (Å²) in [5.41, 5.74) is 4.82. The van der Waals surface area contributed by atoms with Crippen LogP contribution in [0.25, 0.3) is 11.3 Å². The van der Waals surface area contributed by atoms with Crippen molar-refractivity contribution >= 4 is 39.2 Å². The van der Waals surface area contributed by atoms with Gasteiger partial charge >= 0.3 is 7.41 Å². The molecule has 3 aromatic rings. The largest absolute Gasteiger partial charge is 0.416 e. The van der Waals surface area contributed by atoms with Gasteiger partial charge in [-0.1, -0.05) is 27.7 Å². The third kappa shape index (κ3) is 5.62. The average molecular weight is 551 g/mol. The van der Waals surface area contributed by atoms with Crippen molar-refractivity contribution in [1.82, 2.24) is 15.0 Å². The van der Waals surface area contributed by atoms with Crippen LogP contribution in [0, 0.1) is 29.6 Å². The third-order valence-corrected chi connectivity index (χ3v) is 12.4. The lowest BCUT2D eigenvalue weighted by Gasteiger charge is -2.39. The summed E-state index contributed by atoms with van der Waals surface area (Å²) in [4.78, 5) is 26.7. The highest BCUT2D eigenvalue weighted by molar-refractivity contribution is 6.74. The number of aromatic nitrogens is 3. The number of fused-ring (bicyclic) bond motifs is 1. The van der Waals surface area contributed by atoms with Gasteiger partial charge in [-0.25, -0.2) is 9.97 Å². The average Bonchev–Trinajstić information content (AvgIpc) is 3.20. The van der Waals surface area contributed by atoms with Gasteiger partial charge in [0.05, 0.1) is 28.2 Å². The molecule has 0 saturated carbocycles. The summed E-state index contributed by atoms with van der Waals surface area (Å²) < 4.78 is 6.66. The van der Waals surface area contributed by atoms with Gasteiger partial charge < -0.3 is 19.3 Å². The van der Waals surface area contributed by atoms with Crippen molar-refractivity contribution in [2.24, 2.45) is 0 Å². The Kier molecular flexibility index (Phi) is 7.84. The third-order valence-electron chi connectivity index (χ3n) is 7.90. The Morgan fingerprint density at radius 2 is 1.98 bits per heavy atom. The molecule has 203 valence electrons. The van der Waals surface area contributed by atoms with Crippen molar-refractivity contribution in [2.75, 3.05) is 23.3 Å². The lowest BCUT2D eigenvalue weighted by atomic mass is 9.83. The zero-order chi connectivity index (χ0) is 29.3. The van der Waals surface area contributed by atoms with Crippen LogP contribution in [0.5, 0.6) is 0 Å². The monoisotopic (exact) mass is 550 g/mol. The lowest BCUT2D eigenvalue weighted by Crippen LogP contribution is -2.46. The molecule has 0 amide bonds. The van der Waals surface area contributed by atoms with E-state index in [0.29, 0.717) is 47.3 Å². The maximum atomic E-state index is 11.5. The molecule has 1 aromatic carbocycles. The number of nitrogens with zero attached hydrogens (tertiary/aromatic N) is 6. The minimum atomic E-state index is -2.05. The molecule has 3 heterocycles. The van der Waals surface area contributed by atoms with E-state index < -0.39 is 13.7 Å². The van der Waals surface area contributed by atoms with E-state index in [1.807, 2.05) is 17.8 Å². The summed E-state index contributed by atoms with van der Waals surface area (Å²) in [5.74, 6) is 0.344. The Balaban J connectivity index is 1.76. The Bertz CT molecular complexity index is 1540. The van der Waals surface area contributed by atoms with Crippen molar-refractivity contribution in [3.05, 3.63) is 59.0 Å². The van der Waals surface area contributed by atoms with E-state index >= 15 is 0 Å². The van der Waals surface area contributed by atoms with Crippen molar-refractivity contribution in [3.63, 3.8) is 0 Å². The van der Waals surface area contributed by atoms with Gasteiger partial charge in [-0.2, -0.15) is 10.5 Å². The Morgan fingerprint density at radius 1 is 1.23 bits per heavy atom. The molecule has 0 bridgehead atoms. The molecule has 0 unspecified atom stereocenters. The van der Waals surface area contributed by atoms with Gasteiger partial charge in [0.1, 0.15) is 18.3 Å². The molecule has 11 heteroatoms. The number of pyridine rings is 1. The van der Waals surface area contributed by atoms with Gasteiger partial charge in [-0.3, -0.25) is 4.98 Å². The van der Waals surface area contributed by atoms with E-state index in [4.69, 9.17) is 9.41 Å². The summed E-state index contributed by atoms with van der Waals surface area (Å²) >= 11 is 0. The highest BCUT2D eigenvalue weighted by atomic mass is 28.4. The van der Waals surface area contributed by atoms with Crippen LogP contribution in [-0.2, 0) is 14.6 Å². The second-order valence-corrected chi connectivity index (χ2v) is 16.7. The molecule has 1 N–H and O–H groups in total. The van der Waals surface area contributed by atoms with Crippen LogP contribution in [0.4, 0.5) is 17.3 Å². The molecule has 1 aliphatic rings. The Morgan fingerprint density at radius 3 is 2.62 bits per heavy atom. The van der Waals surface area contributed by atoms with Crippen LogP contribution in [-0.4, -0.2) is 50.0 Å². The minimum Gasteiger partial charge on any atom is -0.416 e. The van der Waals surface area contributed by atoms with Crippen LogP contribution in [0.1, 0.15) is 50.1 Å². The predicted molar refractivity (Wildman–Crippen MR) is 160 cm³/mol. The van der Waals surface area contributed by atoms with Gasteiger partial charge in [-0.05, 0) is 54.9 Å². The first-order valence-electron chi connectivity index (χ1n) is 13.1. The number of anilines is 3. The normalized spacial score (nSPS) is 16.6. The first-order chi connectivity index (χ1) is 18.8. The molecule has 0 aliphatic carbocycles. The quantitative estimate of drug-likeness (QED) is 0.296. The molecule has 0 spiro atoms. The van der Waals surface area contributed by atoms with E-state index in [9.17, 15) is 15.3 Å². The molecule has 1 atom stereocenters. The molecule has 1 radical (unpaired) electrons. The highest BCUT2D eigenvalue weighted by Gasteiger charge is 2.44. The number of aryl methyl sites for hydroxylation is 1. The summed E-state index contributed by atoms with van der Waals surface area (Å²) in [7, 11) is -0.573. The predicted octanol–water partition coefficient (Wildman–Crippen LogP) is 5.24. The molecule has 40 heavy (non-hydrogen) atoms. The van der Waals surface area contributed by atoms with Crippen LogP contribution in [0.15, 0.2) is 36.7 Å². The molecule has 0 saturated heterocycles. The number of carbonyl (C=O) groups is 1. The van der Waals surface area contributed by atoms with Crippen LogP contribution < -0.4 is 10.1 Å². The van der Waals surface area contributed by atoms with Gasteiger partial charge in [0.15, 0.2) is 8.32 Å². The maximum Gasteiger partial charge on any atom is 0.329 e. The first kappa shape index (κ1) is 28.9. The van der Waals surface area contributed by atoms with E-state index in [-0.39, 0.29) is 5.04 Å². The van der Waals surface area contributed by atoms with Crippen LogP contribution in [0.2, 0.25) is 18.1 Å². The molecule has 2 aromatic heterocycles. The number of hydrogen-bond donors (Lipinski definition) is 1. The van der Waals surface area contributed by atoms with Crippen LogP contribution >= 0.6 is 0 Å². The SMILES string of the molecule is Cc1ncc(C#N)cc1Nc1nccc(-c2cc(C#N)c3c(c2)[C@@](C)(CO[Si](C)(C)C(C)(C)C)CN3[B]C=O)n1. The lowest BCUT2D eigenvalue weighted by molar-refractivity contribution is 0.219. The maximum absolute atomic E-state index is 11.5. The summed E-state index contributed by atoms with van der Waals surface area (Å²) in [6, 6.07) is 11.7. The highest BCUT2D eigenvalue weighted by Crippen LogP contribution is 2.46. The van der Waals surface area contributed by atoms with Crippen molar-refractivity contribution in [3.8, 4) is 23.4 Å². The zero-order valence-electron chi connectivity index (χ0n) is 24.0. The Hall–Kier alpha value is -4.06. The zero-order valence-corrected chi connectivity index (χ0v) is 25.0. The molecular formula is C29H33BN7O2Si. The van der Waals surface area contributed by atoms with Crippen molar-refractivity contribution < 1.29 is 9.22 Å². The van der Waals surface area contributed by atoms with Gasteiger partial charge in [-0.15, -0.1) is 0 Å². The molecule has 0 fully saturated rings. The van der Waals surface area contributed by atoms with E-state index in [1.165, 1.54) is 13.6 Å². The molecule has 4 rings (SSSR count). The number of nitrogens with one attached hydrogen (secondary N) is 1. The van der Waals surface area contributed by atoms with Gasteiger partial charge in [0, 0.05) is 42.2 Å². The number of benzene rings is 1. The second kappa shape index (κ2) is 10.8. The summed E-state index contributed by atoms with van der Waals surface area (Å²) in [6.45, 7) is 16.0. The van der Waals surface area contributed by atoms with Gasteiger partial charge in [0.2, 0.25) is 5.95 Å². The van der Waals surface area contributed by atoms with E-state index in [0.717, 1.165) is 23.0 Å². The molecule has 1 aliphatic heterocycles. The Labute approximate surface area is 237 Å². The number of hydrogen-bond acceptors (Lipinski definition) is 9. The summed E-state index contributed by atoms with van der Waals surface area (Å²) in [5, 5.41) is 22.6. The topological polar surface area (TPSA) is 128 Å². The van der Waals surface area contributed by atoms with E-state index in [2.05, 4.69) is 68.2 Å². The smallest absolute Gasteiger partial charge is 0.329 e.